The summed E-state index contributed by atoms with van der Waals surface area (Å²) in [5.41, 5.74) is 0.410. The van der Waals surface area contributed by atoms with E-state index in [1.165, 1.54) is 28.6 Å². The lowest BCUT2D eigenvalue weighted by Crippen LogP contribution is -2.30. The van der Waals surface area contributed by atoms with E-state index in [0.717, 1.165) is 0 Å². The highest BCUT2D eigenvalue weighted by Crippen LogP contribution is 2.27. The van der Waals surface area contributed by atoms with Crippen molar-refractivity contribution >= 4 is 27.3 Å². The molecule has 0 aliphatic heterocycles. The van der Waals surface area contributed by atoms with E-state index >= 15 is 0 Å². The van der Waals surface area contributed by atoms with E-state index < -0.39 is 10.0 Å². The summed E-state index contributed by atoms with van der Waals surface area (Å²) in [5.74, 6) is 0.0160. The fourth-order valence-electron chi connectivity index (χ4n) is 1.89. The largest absolute Gasteiger partial charge is 0.508 e. The molecule has 0 radical (unpaired) electrons. The molecule has 106 valence electrons. The summed E-state index contributed by atoms with van der Waals surface area (Å²) in [6, 6.07) is 12.2. The Morgan fingerprint density at radius 3 is 2.45 bits per heavy atom. The number of sulfonamides is 1. The molecule has 0 atom stereocenters. The summed E-state index contributed by atoms with van der Waals surface area (Å²) >= 11 is 5.85. The number of rotatable bonds is 4. The maximum absolute atomic E-state index is 12.6. The van der Waals surface area contributed by atoms with Crippen LogP contribution in [0.4, 0.5) is 5.69 Å². The molecule has 0 amide bonds. The molecule has 0 saturated heterocycles. The molecule has 0 heterocycles. The Morgan fingerprint density at radius 2 is 1.85 bits per heavy atom. The number of anilines is 1. The van der Waals surface area contributed by atoms with Gasteiger partial charge in [0.1, 0.15) is 5.75 Å². The van der Waals surface area contributed by atoms with Crippen LogP contribution < -0.4 is 4.31 Å². The minimum atomic E-state index is -3.71. The van der Waals surface area contributed by atoms with E-state index in [0.29, 0.717) is 10.7 Å². The van der Waals surface area contributed by atoms with E-state index in [-0.39, 0.29) is 17.2 Å². The van der Waals surface area contributed by atoms with Crippen molar-refractivity contribution in [3.63, 3.8) is 0 Å². The maximum atomic E-state index is 12.6. The molecule has 0 spiro atoms. The van der Waals surface area contributed by atoms with Crippen LogP contribution in [0, 0.1) is 0 Å². The van der Waals surface area contributed by atoms with Crippen LogP contribution in [0.1, 0.15) is 6.92 Å². The van der Waals surface area contributed by atoms with Gasteiger partial charge in [0.05, 0.1) is 10.6 Å². The summed E-state index contributed by atoms with van der Waals surface area (Å²) < 4.78 is 26.4. The Morgan fingerprint density at radius 1 is 1.15 bits per heavy atom. The first-order valence-corrected chi connectivity index (χ1v) is 7.84. The van der Waals surface area contributed by atoms with E-state index in [1.54, 1.807) is 31.2 Å². The van der Waals surface area contributed by atoms with Crippen LogP contribution in [-0.2, 0) is 10.0 Å². The fraction of sp³-hybridized carbons (Fsp3) is 0.143. The van der Waals surface area contributed by atoms with Gasteiger partial charge in [-0.25, -0.2) is 8.42 Å². The molecule has 20 heavy (non-hydrogen) atoms. The summed E-state index contributed by atoms with van der Waals surface area (Å²) in [6.07, 6.45) is 0. The third kappa shape index (κ3) is 2.89. The molecule has 4 nitrogen and oxygen atoms in total. The Hall–Kier alpha value is -1.72. The highest BCUT2D eigenvalue weighted by atomic mass is 35.5. The molecule has 0 bridgehead atoms. The molecule has 0 aromatic heterocycles. The number of halogens is 1. The minimum Gasteiger partial charge on any atom is -0.508 e. The normalized spacial score (nSPS) is 11.3. The molecular formula is C14H14ClNO3S. The standard InChI is InChI=1S/C14H14ClNO3S/c1-2-16(12-6-4-7-13(17)10-12)20(18,19)14-8-3-5-11(15)9-14/h3-10,17H,2H2,1H3. The van der Waals surface area contributed by atoms with Gasteiger partial charge in [-0.05, 0) is 37.3 Å². The Kier molecular flexibility index (Phi) is 4.20. The van der Waals surface area contributed by atoms with Crippen LogP contribution in [-0.4, -0.2) is 20.1 Å². The number of phenols is 1. The SMILES string of the molecule is CCN(c1cccc(O)c1)S(=O)(=O)c1cccc(Cl)c1. The Balaban J connectivity index is 2.50. The van der Waals surface area contributed by atoms with Crippen LogP contribution in [0.25, 0.3) is 0 Å². The van der Waals surface area contributed by atoms with Gasteiger partial charge >= 0.3 is 0 Å². The summed E-state index contributed by atoms with van der Waals surface area (Å²) in [5, 5.41) is 9.85. The first kappa shape index (κ1) is 14.7. The van der Waals surface area contributed by atoms with Crippen LogP contribution in [0.2, 0.25) is 5.02 Å². The van der Waals surface area contributed by atoms with E-state index in [2.05, 4.69) is 0 Å². The first-order valence-electron chi connectivity index (χ1n) is 6.02. The zero-order valence-corrected chi connectivity index (χ0v) is 12.4. The number of phenolic OH excluding ortho intramolecular Hbond substituents is 1. The lowest BCUT2D eigenvalue weighted by atomic mass is 10.3. The number of hydrogen-bond donors (Lipinski definition) is 1. The summed E-state index contributed by atoms with van der Waals surface area (Å²) in [4.78, 5) is 0.121. The molecule has 2 rings (SSSR count). The van der Waals surface area contributed by atoms with E-state index in [4.69, 9.17) is 11.6 Å². The van der Waals surface area contributed by atoms with Gasteiger partial charge in [0.2, 0.25) is 0 Å². The lowest BCUT2D eigenvalue weighted by molar-refractivity contribution is 0.475. The molecular weight excluding hydrogens is 298 g/mol. The third-order valence-electron chi connectivity index (χ3n) is 2.79. The molecule has 0 aliphatic carbocycles. The number of aromatic hydroxyl groups is 1. The van der Waals surface area contributed by atoms with Gasteiger partial charge in [-0.1, -0.05) is 23.7 Å². The summed E-state index contributed by atoms with van der Waals surface area (Å²) in [6.45, 7) is 1.98. The highest BCUT2D eigenvalue weighted by molar-refractivity contribution is 7.92. The van der Waals surface area contributed by atoms with E-state index in [1.807, 2.05) is 0 Å². The van der Waals surface area contributed by atoms with Crippen molar-refractivity contribution in [1.82, 2.24) is 0 Å². The average Bonchev–Trinajstić information content (AvgIpc) is 2.39. The van der Waals surface area contributed by atoms with Crippen molar-refractivity contribution in [3.8, 4) is 5.75 Å². The van der Waals surface area contributed by atoms with Crippen molar-refractivity contribution in [3.05, 3.63) is 53.6 Å². The van der Waals surface area contributed by atoms with Crippen LogP contribution >= 0.6 is 11.6 Å². The smallest absolute Gasteiger partial charge is 0.264 e. The van der Waals surface area contributed by atoms with Crippen molar-refractivity contribution in [1.29, 1.82) is 0 Å². The number of nitrogens with zero attached hydrogens (tertiary/aromatic N) is 1. The molecule has 0 saturated carbocycles. The summed E-state index contributed by atoms with van der Waals surface area (Å²) in [7, 11) is -3.71. The van der Waals surface area contributed by atoms with Gasteiger partial charge in [-0.3, -0.25) is 4.31 Å². The van der Waals surface area contributed by atoms with Crippen molar-refractivity contribution < 1.29 is 13.5 Å². The molecule has 0 unspecified atom stereocenters. The lowest BCUT2D eigenvalue weighted by Gasteiger charge is -2.23. The molecule has 0 aliphatic rings. The van der Waals surface area contributed by atoms with Crippen LogP contribution in [0.5, 0.6) is 5.75 Å². The predicted octanol–water partition coefficient (Wildman–Crippen LogP) is 3.26. The first-order chi connectivity index (χ1) is 9.45. The minimum absolute atomic E-state index is 0.0160. The van der Waals surface area contributed by atoms with E-state index in [9.17, 15) is 13.5 Å². The number of hydrogen-bond acceptors (Lipinski definition) is 3. The van der Waals surface area contributed by atoms with Crippen LogP contribution in [0.15, 0.2) is 53.4 Å². The predicted molar refractivity (Wildman–Crippen MR) is 79.8 cm³/mol. The third-order valence-corrected chi connectivity index (χ3v) is 4.92. The van der Waals surface area contributed by atoms with Gasteiger partial charge in [0.15, 0.2) is 0 Å². The van der Waals surface area contributed by atoms with Gasteiger partial charge in [-0.15, -0.1) is 0 Å². The molecule has 0 fully saturated rings. The topological polar surface area (TPSA) is 57.6 Å². The maximum Gasteiger partial charge on any atom is 0.264 e. The van der Waals surface area contributed by atoms with Gasteiger partial charge in [0, 0.05) is 17.6 Å². The van der Waals surface area contributed by atoms with Crippen molar-refractivity contribution in [2.45, 2.75) is 11.8 Å². The van der Waals surface area contributed by atoms with Crippen molar-refractivity contribution in [2.24, 2.45) is 0 Å². The van der Waals surface area contributed by atoms with Crippen molar-refractivity contribution in [2.75, 3.05) is 10.8 Å². The molecule has 2 aromatic rings. The quantitative estimate of drug-likeness (QED) is 0.943. The monoisotopic (exact) mass is 311 g/mol. The highest BCUT2D eigenvalue weighted by Gasteiger charge is 2.23. The zero-order valence-electron chi connectivity index (χ0n) is 10.8. The zero-order chi connectivity index (χ0) is 14.8. The fourth-order valence-corrected chi connectivity index (χ4v) is 3.66. The second kappa shape index (κ2) is 5.73. The Labute approximate surface area is 123 Å². The second-order valence-electron chi connectivity index (χ2n) is 4.15. The van der Waals surface area contributed by atoms with Gasteiger partial charge in [-0.2, -0.15) is 0 Å². The van der Waals surface area contributed by atoms with Gasteiger partial charge < -0.3 is 5.11 Å². The van der Waals surface area contributed by atoms with Crippen LogP contribution in [0.3, 0.4) is 0 Å². The number of benzene rings is 2. The Bertz CT molecular complexity index is 716. The molecule has 6 heteroatoms. The molecule has 2 aromatic carbocycles. The second-order valence-corrected chi connectivity index (χ2v) is 6.45. The molecule has 1 N–H and O–H groups in total. The van der Waals surface area contributed by atoms with Gasteiger partial charge in [0.25, 0.3) is 10.0 Å². The average molecular weight is 312 g/mol.